The largest absolute Gasteiger partial charge is 0.387 e. The Morgan fingerprint density at radius 1 is 1.15 bits per heavy atom. The van der Waals surface area contributed by atoms with Crippen LogP contribution in [-0.4, -0.2) is 85.2 Å². The Morgan fingerprint density at radius 3 is 2.64 bits per heavy atom. The average molecular weight is 533 g/mol. The van der Waals surface area contributed by atoms with Crippen molar-refractivity contribution >= 4 is 34.4 Å². The molecule has 1 atom stereocenters. The quantitative estimate of drug-likeness (QED) is 0.495. The number of carbonyl (C=O) groups is 1. The first-order chi connectivity index (χ1) is 18.9. The Labute approximate surface area is 226 Å². The van der Waals surface area contributed by atoms with Gasteiger partial charge in [-0.25, -0.2) is 24.3 Å². The Morgan fingerprint density at radius 2 is 1.92 bits per heavy atom. The normalized spacial score (nSPS) is 23.7. The maximum atomic E-state index is 13.1. The van der Waals surface area contributed by atoms with Gasteiger partial charge in [0, 0.05) is 62.0 Å². The lowest BCUT2D eigenvalue weighted by Crippen LogP contribution is -2.53. The monoisotopic (exact) mass is 532 g/mol. The van der Waals surface area contributed by atoms with Gasteiger partial charge in [0.2, 0.25) is 11.9 Å². The molecule has 11 heteroatoms. The second-order valence-electron chi connectivity index (χ2n) is 11.3. The number of nitrogens with zero attached hydrogens (tertiary/aromatic N) is 7. The summed E-state index contributed by atoms with van der Waals surface area (Å²) < 4.78 is 13.1. The van der Waals surface area contributed by atoms with Crippen LogP contribution in [0.3, 0.4) is 0 Å². The maximum absolute atomic E-state index is 13.1. The number of aliphatic hydroxyl groups excluding tert-OH is 1. The predicted molar refractivity (Wildman–Crippen MR) is 144 cm³/mol. The number of hydrogen-bond acceptors (Lipinski definition) is 9. The predicted octanol–water partition coefficient (Wildman–Crippen LogP) is 2.89. The number of anilines is 3. The van der Waals surface area contributed by atoms with Crippen LogP contribution < -0.4 is 10.2 Å². The highest BCUT2D eigenvalue weighted by Crippen LogP contribution is 2.42. The number of halogens is 1. The third kappa shape index (κ3) is 4.57. The molecule has 7 rings (SSSR count). The fraction of sp³-hybridized carbons (Fsp3) is 0.536. The van der Waals surface area contributed by atoms with Gasteiger partial charge in [-0.1, -0.05) is 6.07 Å². The minimum atomic E-state index is -0.804. The molecule has 0 aliphatic carbocycles. The molecule has 4 aliphatic rings. The van der Waals surface area contributed by atoms with Crippen LogP contribution in [0.15, 0.2) is 24.4 Å². The van der Waals surface area contributed by atoms with Crippen molar-refractivity contribution in [3.8, 4) is 0 Å². The van der Waals surface area contributed by atoms with Gasteiger partial charge in [-0.2, -0.15) is 0 Å². The highest BCUT2D eigenvalue weighted by Gasteiger charge is 2.41. The fourth-order valence-electron chi connectivity index (χ4n) is 6.50. The van der Waals surface area contributed by atoms with Gasteiger partial charge in [0.15, 0.2) is 5.82 Å². The zero-order valence-corrected chi connectivity index (χ0v) is 22.1. The summed E-state index contributed by atoms with van der Waals surface area (Å²) in [6.45, 7) is 3.82. The Hall–Kier alpha value is -3.44. The number of fused-ring (bicyclic) bond motifs is 4. The second kappa shape index (κ2) is 9.63. The van der Waals surface area contributed by atoms with Gasteiger partial charge in [0.1, 0.15) is 17.5 Å². The molecule has 10 nitrogen and oxygen atoms in total. The number of aromatic nitrogens is 4. The van der Waals surface area contributed by atoms with E-state index < -0.39 is 12.3 Å². The molecule has 2 bridgehead atoms. The number of alkyl halides is 1. The van der Waals surface area contributed by atoms with E-state index in [9.17, 15) is 14.3 Å². The lowest BCUT2D eigenvalue weighted by Gasteiger charge is -2.36. The lowest BCUT2D eigenvalue weighted by molar-refractivity contribution is -0.135. The minimum absolute atomic E-state index is 0.0360. The number of likely N-dealkylation sites (tertiary alicyclic amines) is 1. The molecule has 3 fully saturated rings. The van der Waals surface area contributed by atoms with E-state index in [1.54, 1.807) is 13.1 Å². The van der Waals surface area contributed by atoms with Crippen molar-refractivity contribution in [3.63, 3.8) is 0 Å². The summed E-state index contributed by atoms with van der Waals surface area (Å²) in [5, 5.41) is 14.4. The number of aliphatic hydroxyl groups is 1. The van der Waals surface area contributed by atoms with Gasteiger partial charge >= 0.3 is 0 Å². The number of nitrogens with one attached hydrogen (secondary N) is 1. The summed E-state index contributed by atoms with van der Waals surface area (Å²) in [6, 6.07) is 6.70. The van der Waals surface area contributed by atoms with Crippen molar-refractivity contribution in [2.75, 3.05) is 36.4 Å². The molecule has 0 radical (unpaired) electrons. The summed E-state index contributed by atoms with van der Waals surface area (Å²) in [5.74, 6) is 1.97. The summed E-state index contributed by atoms with van der Waals surface area (Å²) >= 11 is 0. The zero-order valence-electron chi connectivity index (χ0n) is 22.1. The molecule has 1 amide bonds. The van der Waals surface area contributed by atoms with Crippen LogP contribution in [0.4, 0.5) is 22.0 Å². The molecular weight excluding hydrogens is 499 g/mol. The van der Waals surface area contributed by atoms with Gasteiger partial charge in [-0.3, -0.25) is 9.69 Å². The number of amides is 1. The van der Waals surface area contributed by atoms with Crippen molar-refractivity contribution < 1.29 is 14.3 Å². The third-order valence-corrected chi connectivity index (χ3v) is 8.61. The third-order valence-electron chi connectivity index (χ3n) is 8.61. The van der Waals surface area contributed by atoms with E-state index in [0.717, 1.165) is 28.0 Å². The molecule has 0 spiro atoms. The molecule has 0 aromatic carbocycles. The van der Waals surface area contributed by atoms with Crippen molar-refractivity contribution in [2.45, 2.75) is 69.9 Å². The van der Waals surface area contributed by atoms with Gasteiger partial charge < -0.3 is 20.2 Å². The number of pyridine rings is 2. The van der Waals surface area contributed by atoms with Gasteiger partial charge in [0.05, 0.1) is 18.3 Å². The van der Waals surface area contributed by atoms with E-state index >= 15 is 0 Å². The molecule has 3 aromatic rings. The smallest absolute Gasteiger partial charge is 0.237 e. The molecule has 204 valence electrons. The second-order valence-corrected chi connectivity index (χ2v) is 11.3. The molecule has 3 aromatic heterocycles. The van der Waals surface area contributed by atoms with Gasteiger partial charge in [-0.15, -0.1) is 0 Å². The van der Waals surface area contributed by atoms with Crippen molar-refractivity contribution in [1.29, 1.82) is 0 Å². The topological polar surface area (TPSA) is 111 Å². The first-order valence-electron chi connectivity index (χ1n) is 14.0. The minimum Gasteiger partial charge on any atom is -0.387 e. The number of hydrogen-bond donors (Lipinski definition) is 2. The first-order valence-corrected chi connectivity index (χ1v) is 14.0. The van der Waals surface area contributed by atoms with E-state index in [0.29, 0.717) is 62.1 Å². The SMILES string of the molecule is CC(O)c1cc2cnc(Nc3ccc4c(n3)CCN(C(=O)CN3CC(F)C3)C4)nc2c(N2C3CCC2CC3)n1. The van der Waals surface area contributed by atoms with Crippen molar-refractivity contribution in [3.05, 3.63) is 41.3 Å². The van der Waals surface area contributed by atoms with E-state index in [2.05, 4.69) is 15.2 Å². The van der Waals surface area contributed by atoms with E-state index in [1.807, 2.05) is 28.0 Å². The van der Waals surface area contributed by atoms with Crippen LogP contribution in [0.2, 0.25) is 0 Å². The van der Waals surface area contributed by atoms with Crippen molar-refractivity contribution in [2.24, 2.45) is 0 Å². The van der Waals surface area contributed by atoms with Gasteiger partial charge in [-0.05, 0) is 50.3 Å². The molecule has 3 saturated heterocycles. The standard InChI is InChI=1S/C28H33FN8O2/c1-16(38)23-10-18-11-30-28(34-26(18)27(32-23)37-20-3-4-21(37)6-5-20)33-24-7-2-17-12-36(9-8-22(17)31-24)25(39)15-35-13-19(29)14-35/h2,7,10-11,16,19-21,38H,3-6,8-9,12-15H2,1H3,(H,30,31,33,34). The summed E-state index contributed by atoms with van der Waals surface area (Å²) in [7, 11) is 0. The summed E-state index contributed by atoms with van der Waals surface area (Å²) in [4.78, 5) is 37.8. The van der Waals surface area contributed by atoms with E-state index in [-0.39, 0.29) is 12.5 Å². The van der Waals surface area contributed by atoms with Crippen LogP contribution in [0.25, 0.3) is 10.9 Å². The van der Waals surface area contributed by atoms with Crippen LogP contribution in [0, 0.1) is 0 Å². The fourth-order valence-corrected chi connectivity index (χ4v) is 6.50. The van der Waals surface area contributed by atoms with Crippen LogP contribution in [0.1, 0.15) is 55.7 Å². The molecular formula is C28H33FN8O2. The zero-order chi connectivity index (χ0) is 26.7. The maximum Gasteiger partial charge on any atom is 0.237 e. The highest BCUT2D eigenvalue weighted by molar-refractivity contribution is 5.90. The molecule has 7 heterocycles. The Kier molecular flexibility index (Phi) is 6.07. The Balaban J connectivity index is 1.11. The highest BCUT2D eigenvalue weighted by atomic mass is 19.1. The molecule has 2 N–H and O–H groups in total. The van der Waals surface area contributed by atoms with E-state index in [1.165, 1.54) is 25.7 Å². The molecule has 4 aliphatic heterocycles. The number of rotatable bonds is 6. The van der Waals surface area contributed by atoms with Gasteiger partial charge in [0.25, 0.3) is 0 Å². The first kappa shape index (κ1) is 24.6. The lowest BCUT2D eigenvalue weighted by atomic mass is 10.0. The molecule has 0 saturated carbocycles. The van der Waals surface area contributed by atoms with Crippen LogP contribution in [0.5, 0.6) is 0 Å². The summed E-state index contributed by atoms with van der Waals surface area (Å²) in [5.41, 5.74) is 3.39. The summed E-state index contributed by atoms with van der Waals surface area (Å²) in [6.07, 6.45) is 5.64. The van der Waals surface area contributed by atoms with Crippen molar-refractivity contribution in [1.82, 2.24) is 29.7 Å². The number of carbonyl (C=O) groups excluding carboxylic acids is 1. The molecule has 1 unspecified atom stereocenters. The average Bonchev–Trinajstić information content (AvgIpc) is 3.52. The Bertz CT molecular complexity index is 1410. The van der Waals surface area contributed by atoms with E-state index in [4.69, 9.17) is 15.0 Å². The van der Waals surface area contributed by atoms with Crippen LogP contribution >= 0.6 is 0 Å². The molecule has 39 heavy (non-hydrogen) atoms. The van der Waals surface area contributed by atoms with Crippen LogP contribution in [-0.2, 0) is 17.8 Å².